The Morgan fingerprint density at radius 3 is 2.70 bits per heavy atom. The Hall–Kier alpha value is -2.56. The van der Waals surface area contributed by atoms with Crippen LogP contribution in [0.5, 0.6) is 5.88 Å². The number of pyridine rings is 1. The fourth-order valence-corrected chi connectivity index (χ4v) is 1.94. The average molecular weight is 270 g/mol. The van der Waals surface area contributed by atoms with Gasteiger partial charge in [-0.2, -0.15) is 4.98 Å². The van der Waals surface area contributed by atoms with Crippen LogP contribution < -0.4 is 15.4 Å². The van der Waals surface area contributed by atoms with Crippen LogP contribution in [0.3, 0.4) is 0 Å². The minimum atomic E-state index is 0.0356. The van der Waals surface area contributed by atoms with E-state index in [0.717, 1.165) is 11.5 Å². The number of nitrogen functional groups attached to an aromatic ring is 1. The standard InChI is InChI=1S/C15H18N4O/c1-3-20-14-10-6-9-13(18-14)19(2)12-8-5-4-7-11(12)15(16)17/h4-10H,3H2,1-2H3,(H3,16,17). The second-order valence-corrected chi connectivity index (χ2v) is 4.26. The fraction of sp³-hybridized carbons (Fsp3) is 0.200. The molecule has 0 aliphatic rings. The number of hydrogen-bond acceptors (Lipinski definition) is 4. The molecule has 0 radical (unpaired) electrons. The number of para-hydroxylation sites is 1. The number of amidine groups is 1. The van der Waals surface area contributed by atoms with Gasteiger partial charge < -0.3 is 15.4 Å². The fourth-order valence-electron chi connectivity index (χ4n) is 1.94. The van der Waals surface area contributed by atoms with Crippen LogP contribution in [-0.4, -0.2) is 24.5 Å². The summed E-state index contributed by atoms with van der Waals surface area (Å²) in [6.45, 7) is 2.49. The summed E-state index contributed by atoms with van der Waals surface area (Å²) in [5.41, 5.74) is 7.13. The van der Waals surface area contributed by atoms with Gasteiger partial charge >= 0.3 is 0 Å². The van der Waals surface area contributed by atoms with Crippen LogP contribution in [0.2, 0.25) is 0 Å². The zero-order chi connectivity index (χ0) is 14.5. The van der Waals surface area contributed by atoms with Crippen molar-refractivity contribution in [3.63, 3.8) is 0 Å². The van der Waals surface area contributed by atoms with Gasteiger partial charge in [0.05, 0.1) is 12.3 Å². The first kappa shape index (κ1) is 13.9. The minimum Gasteiger partial charge on any atom is -0.478 e. The van der Waals surface area contributed by atoms with Crippen molar-refractivity contribution in [2.24, 2.45) is 5.73 Å². The van der Waals surface area contributed by atoms with Crippen LogP contribution in [0.15, 0.2) is 42.5 Å². The number of aromatic nitrogens is 1. The first-order chi connectivity index (χ1) is 9.63. The van der Waals surface area contributed by atoms with Crippen LogP contribution in [0.25, 0.3) is 0 Å². The summed E-state index contributed by atoms with van der Waals surface area (Å²) in [7, 11) is 1.89. The van der Waals surface area contributed by atoms with Gasteiger partial charge in [-0.25, -0.2) is 0 Å². The molecule has 0 spiro atoms. The van der Waals surface area contributed by atoms with Crippen molar-refractivity contribution in [3.05, 3.63) is 48.0 Å². The van der Waals surface area contributed by atoms with Gasteiger partial charge in [-0.15, -0.1) is 0 Å². The highest BCUT2D eigenvalue weighted by Crippen LogP contribution is 2.26. The van der Waals surface area contributed by atoms with Crippen molar-refractivity contribution in [2.75, 3.05) is 18.6 Å². The molecule has 1 aromatic heterocycles. The Morgan fingerprint density at radius 2 is 2.00 bits per heavy atom. The molecule has 0 fully saturated rings. The van der Waals surface area contributed by atoms with Gasteiger partial charge in [0.1, 0.15) is 11.7 Å². The van der Waals surface area contributed by atoms with E-state index < -0.39 is 0 Å². The lowest BCUT2D eigenvalue weighted by molar-refractivity contribution is 0.327. The van der Waals surface area contributed by atoms with E-state index in [2.05, 4.69) is 4.98 Å². The highest BCUT2D eigenvalue weighted by atomic mass is 16.5. The van der Waals surface area contributed by atoms with E-state index in [1.165, 1.54) is 0 Å². The van der Waals surface area contributed by atoms with E-state index in [4.69, 9.17) is 15.9 Å². The van der Waals surface area contributed by atoms with Gasteiger partial charge in [-0.05, 0) is 25.1 Å². The van der Waals surface area contributed by atoms with Crippen LogP contribution >= 0.6 is 0 Å². The van der Waals surface area contributed by atoms with Crippen molar-refractivity contribution >= 4 is 17.3 Å². The minimum absolute atomic E-state index is 0.0356. The van der Waals surface area contributed by atoms with Crippen molar-refractivity contribution in [2.45, 2.75) is 6.92 Å². The van der Waals surface area contributed by atoms with Gasteiger partial charge in [-0.1, -0.05) is 18.2 Å². The number of benzene rings is 1. The summed E-state index contributed by atoms with van der Waals surface area (Å²) < 4.78 is 5.41. The summed E-state index contributed by atoms with van der Waals surface area (Å²) in [5.74, 6) is 1.36. The lowest BCUT2D eigenvalue weighted by Gasteiger charge is -2.21. The molecule has 20 heavy (non-hydrogen) atoms. The lowest BCUT2D eigenvalue weighted by Crippen LogP contribution is -2.19. The second kappa shape index (κ2) is 6.06. The number of nitrogens with two attached hydrogens (primary N) is 1. The van der Waals surface area contributed by atoms with Gasteiger partial charge in [0.15, 0.2) is 0 Å². The molecule has 104 valence electrons. The molecule has 0 atom stereocenters. The third kappa shape index (κ3) is 2.88. The molecule has 2 aromatic rings. The predicted molar refractivity (Wildman–Crippen MR) is 80.9 cm³/mol. The molecular formula is C15H18N4O. The highest BCUT2D eigenvalue weighted by Gasteiger charge is 2.12. The van der Waals surface area contributed by atoms with E-state index in [-0.39, 0.29) is 5.84 Å². The molecule has 0 unspecified atom stereocenters. The van der Waals surface area contributed by atoms with Gasteiger partial charge in [-0.3, -0.25) is 5.41 Å². The van der Waals surface area contributed by atoms with Gasteiger partial charge in [0.2, 0.25) is 5.88 Å². The Bertz CT molecular complexity index is 612. The SMILES string of the molecule is CCOc1cccc(N(C)c2ccccc2C(=N)N)n1. The Balaban J connectivity index is 2.38. The largest absolute Gasteiger partial charge is 0.478 e. The van der Waals surface area contributed by atoms with Gasteiger partial charge in [0, 0.05) is 18.7 Å². The predicted octanol–water partition coefficient (Wildman–Crippen LogP) is 2.53. The molecule has 5 nitrogen and oxygen atoms in total. The highest BCUT2D eigenvalue weighted by molar-refractivity contribution is 6.01. The van der Waals surface area contributed by atoms with E-state index >= 15 is 0 Å². The molecule has 5 heteroatoms. The van der Waals surface area contributed by atoms with Crippen molar-refractivity contribution in [1.29, 1.82) is 5.41 Å². The normalized spacial score (nSPS) is 10.1. The number of ether oxygens (including phenoxy) is 1. The lowest BCUT2D eigenvalue weighted by atomic mass is 10.1. The molecule has 0 saturated heterocycles. The molecule has 2 rings (SSSR count). The van der Waals surface area contributed by atoms with Crippen LogP contribution in [0.1, 0.15) is 12.5 Å². The monoisotopic (exact) mass is 270 g/mol. The maximum absolute atomic E-state index is 7.65. The molecule has 0 bridgehead atoms. The second-order valence-electron chi connectivity index (χ2n) is 4.26. The quantitative estimate of drug-likeness (QED) is 0.646. The number of anilines is 2. The molecule has 0 amide bonds. The summed E-state index contributed by atoms with van der Waals surface area (Å²) in [5, 5.41) is 7.65. The van der Waals surface area contributed by atoms with Gasteiger partial charge in [0.25, 0.3) is 0 Å². The average Bonchev–Trinajstić information content (AvgIpc) is 2.47. The Morgan fingerprint density at radius 1 is 1.25 bits per heavy atom. The molecule has 1 heterocycles. The molecular weight excluding hydrogens is 252 g/mol. The van der Waals surface area contributed by atoms with Crippen molar-refractivity contribution < 1.29 is 4.74 Å². The molecule has 3 N–H and O–H groups in total. The summed E-state index contributed by atoms with van der Waals surface area (Å²) in [6, 6.07) is 13.1. The Labute approximate surface area is 118 Å². The van der Waals surface area contributed by atoms with Crippen molar-refractivity contribution in [1.82, 2.24) is 4.98 Å². The van der Waals surface area contributed by atoms with Crippen LogP contribution in [-0.2, 0) is 0 Å². The van der Waals surface area contributed by atoms with Crippen LogP contribution in [0.4, 0.5) is 11.5 Å². The summed E-state index contributed by atoms with van der Waals surface area (Å²) >= 11 is 0. The molecule has 0 aliphatic heterocycles. The van der Waals surface area contributed by atoms with Crippen molar-refractivity contribution in [3.8, 4) is 5.88 Å². The summed E-state index contributed by atoms with van der Waals surface area (Å²) in [4.78, 5) is 6.32. The molecule has 0 saturated carbocycles. The number of nitrogens with zero attached hydrogens (tertiary/aromatic N) is 2. The zero-order valence-electron chi connectivity index (χ0n) is 11.6. The third-order valence-electron chi connectivity index (χ3n) is 2.90. The van der Waals surface area contributed by atoms with E-state index in [1.807, 2.05) is 61.3 Å². The number of rotatable bonds is 5. The number of hydrogen-bond donors (Lipinski definition) is 2. The van der Waals surface area contributed by atoms with E-state index in [1.54, 1.807) is 0 Å². The number of nitrogens with one attached hydrogen (secondary N) is 1. The maximum atomic E-state index is 7.65. The zero-order valence-corrected chi connectivity index (χ0v) is 11.6. The Kier molecular flexibility index (Phi) is 4.20. The topological polar surface area (TPSA) is 75.2 Å². The van der Waals surface area contributed by atoms with E-state index in [9.17, 15) is 0 Å². The maximum Gasteiger partial charge on any atom is 0.215 e. The first-order valence-corrected chi connectivity index (χ1v) is 6.40. The summed E-state index contributed by atoms with van der Waals surface area (Å²) in [6.07, 6.45) is 0. The van der Waals surface area contributed by atoms with E-state index in [0.29, 0.717) is 18.1 Å². The third-order valence-corrected chi connectivity index (χ3v) is 2.90. The smallest absolute Gasteiger partial charge is 0.215 e. The molecule has 1 aromatic carbocycles. The molecule has 0 aliphatic carbocycles. The first-order valence-electron chi connectivity index (χ1n) is 6.40. The van der Waals surface area contributed by atoms with Crippen LogP contribution in [0, 0.1) is 5.41 Å².